The van der Waals surface area contributed by atoms with Crippen molar-refractivity contribution < 1.29 is 18.3 Å². The minimum atomic E-state index is -0.776. The Hall–Kier alpha value is -4.37. The van der Waals surface area contributed by atoms with Gasteiger partial charge in [-0.3, -0.25) is 9.78 Å². The van der Waals surface area contributed by atoms with Gasteiger partial charge in [0.1, 0.15) is 33.9 Å². The van der Waals surface area contributed by atoms with Crippen molar-refractivity contribution in [3.05, 3.63) is 48.2 Å². The maximum absolute atomic E-state index is 16.2. The summed E-state index contributed by atoms with van der Waals surface area (Å²) in [5, 5.41) is 10.3. The first-order chi connectivity index (χ1) is 18.2. The SMILES string of the molecule is C=CC(=O)N1CCC(N(C)c2nc(OC)nc3c(F)c(-c4ccc(F)c5sc(N)c(C#N)c45)ncc23)[C@H]1C. The lowest BCUT2D eigenvalue weighted by Gasteiger charge is -2.31. The highest BCUT2D eigenvalue weighted by atomic mass is 32.1. The average molecular weight is 536 g/mol. The van der Waals surface area contributed by atoms with E-state index in [0.29, 0.717) is 24.2 Å². The van der Waals surface area contributed by atoms with Gasteiger partial charge in [-0.05, 0) is 31.6 Å². The Morgan fingerprint density at radius 3 is 2.84 bits per heavy atom. The van der Waals surface area contributed by atoms with E-state index in [4.69, 9.17) is 10.5 Å². The molecule has 4 aromatic rings. The van der Waals surface area contributed by atoms with Crippen LogP contribution in [-0.2, 0) is 4.79 Å². The topological polar surface area (TPSA) is 121 Å². The summed E-state index contributed by atoms with van der Waals surface area (Å²) in [4.78, 5) is 29.0. The van der Waals surface area contributed by atoms with Gasteiger partial charge in [-0.2, -0.15) is 15.2 Å². The van der Waals surface area contributed by atoms with E-state index in [2.05, 4.69) is 21.5 Å². The van der Waals surface area contributed by atoms with Crippen molar-refractivity contribution in [2.75, 3.05) is 31.3 Å². The molecular formula is C26H23F2N7O2S. The molecule has 0 radical (unpaired) electrons. The van der Waals surface area contributed by atoms with Crippen LogP contribution in [0.1, 0.15) is 18.9 Å². The van der Waals surface area contributed by atoms with Crippen molar-refractivity contribution in [2.24, 2.45) is 0 Å². The number of benzene rings is 1. The molecular weight excluding hydrogens is 512 g/mol. The van der Waals surface area contributed by atoms with Crippen molar-refractivity contribution in [1.82, 2.24) is 19.9 Å². The summed E-state index contributed by atoms with van der Waals surface area (Å²) in [6.45, 7) is 6.06. The Labute approximate surface area is 220 Å². The standard InChI is InChI=1S/C26H23F2N7O2S/c1-5-18(36)35-9-8-17(12(35)2)34(3)25-15-11-31-21(20(28)22(15)32-26(33-25)37-4)13-6-7-16(27)23-19(13)14(10-29)24(30)38-23/h5-7,11-12,17H,1,8-9,30H2,2-4H3/t12-,17?/m1/s1. The van der Waals surface area contributed by atoms with Crippen molar-refractivity contribution >= 4 is 49.1 Å². The summed E-state index contributed by atoms with van der Waals surface area (Å²) in [6.07, 6.45) is 3.40. The molecule has 38 heavy (non-hydrogen) atoms. The van der Waals surface area contributed by atoms with Crippen LogP contribution in [0, 0.1) is 23.0 Å². The Bertz CT molecular complexity index is 1670. The zero-order chi connectivity index (χ0) is 27.3. The molecule has 1 aromatic carbocycles. The Kier molecular flexibility index (Phi) is 6.32. The molecule has 0 aliphatic carbocycles. The lowest BCUT2D eigenvalue weighted by molar-refractivity contribution is -0.126. The lowest BCUT2D eigenvalue weighted by Crippen LogP contribution is -2.43. The number of hydrogen-bond donors (Lipinski definition) is 1. The van der Waals surface area contributed by atoms with Gasteiger partial charge in [0.05, 0.1) is 28.8 Å². The third kappa shape index (κ3) is 3.78. The molecule has 1 fully saturated rings. The number of rotatable bonds is 5. The molecule has 5 rings (SSSR count). The molecule has 0 spiro atoms. The number of carbonyl (C=O) groups is 1. The molecule has 194 valence electrons. The number of carbonyl (C=O) groups excluding carboxylic acids is 1. The fourth-order valence-corrected chi connectivity index (χ4v) is 6.04. The number of hydrogen-bond acceptors (Lipinski definition) is 9. The minimum absolute atomic E-state index is 0.0486. The number of thiophene rings is 1. The number of methoxy groups -OCH3 is 1. The smallest absolute Gasteiger partial charge is 0.318 e. The first-order valence-corrected chi connectivity index (χ1v) is 12.5. The molecule has 12 heteroatoms. The van der Waals surface area contributed by atoms with Crippen LogP contribution in [-0.4, -0.2) is 58.5 Å². The number of nitriles is 1. The van der Waals surface area contributed by atoms with Gasteiger partial charge in [-0.15, -0.1) is 11.3 Å². The van der Waals surface area contributed by atoms with Crippen molar-refractivity contribution in [3.63, 3.8) is 0 Å². The molecule has 3 aromatic heterocycles. The zero-order valence-electron chi connectivity index (χ0n) is 20.8. The summed E-state index contributed by atoms with van der Waals surface area (Å²) < 4.78 is 36.1. The van der Waals surface area contributed by atoms with E-state index >= 15 is 4.39 Å². The lowest BCUT2D eigenvalue weighted by atomic mass is 10.0. The van der Waals surface area contributed by atoms with E-state index in [-0.39, 0.29) is 61.4 Å². The monoisotopic (exact) mass is 535 g/mol. The van der Waals surface area contributed by atoms with Crippen LogP contribution in [0.4, 0.5) is 19.6 Å². The van der Waals surface area contributed by atoms with E-state index in [0.717, 1.165) is 11.3 Å². The molecule has 0 saturated carbocycles. The van der Waals surface area contributed by atoms with Gasteiger partial charge in [0, 0.05) is 36.8 Å². The molecule has 1 aliphatic heterocycles. The zero-order valence-corrected chi connectivity index (χ0v) is 21.6. The molecule has 2 N–H and O–H groups in total. The third-order valence-electron chi connectivity index (χ3n) is 7.01. The van der Waals surface area contributed by atoms with Gasteiger partial charge >= 0.3 is 6.01 Å². The van der Waals surface area contributed by atoms with Gasteiger partial charge in [0.2, 0.25) is 5.91 Å². The number of ether oxygens (including phenoxy) is 1. The molecule has 0 bridgehead atoms. The van der Waals surface area contributed by atoms with Gasteiger partial charge in [0.25, 0.3) is 0 Å². The maximum atomic E-state index is 16.2. The van der Waals surface area contributed by atoms with Crippen LogP contribution >= 0.6 is 11.3 Å². The summed E-state index contributed by atoms with van der Waals surface area (Å²) in [6, 6.07) is 4.23. The highest BCUT2D eigenvalue weighted by Crippen LogP contribution is 2.42. The highest BCUT2D eigenvalue weighted by molar-refractivity contribution is 7.23. The fraction of sp³-hybridized carbons (Fsp3) is 0.269. The molecule has 1 unspecified atom stereocenters. The number of likely N-dealkylation sites (tertiary alicyclic amines) is 1. The highest BCUT2D eigenvalue weighted by Gasteiger charge is 2.37. The molecule has 1 aliphatic rings. The first-order valence-electron chi connectivity index (χ1n) is 11.7. The van der Waals surface area contributed by atoms with E-state index in [1.807, 2.05) is 24.9 Å². The molecule has 9 nitrogen and oxygen atoms in total. The quantitative estimate of drug-likeness (QED) is 0.376. The van der Waals surface area contributed by atoms with Crippen molar-refractivity contribution in [1.29, 1.82) is 5.26 Å². The third-order valence-corrected chi connectivity index (χ3v) is 8.04. The predicted molar refractivity (Wildman–Crippen MR) is 142 cm³/mol. The summed E-state index contributed by atoms with van der Waals surface area (Å²) in [5.41, 5.74) is 6.08. The van der Waals surface area contributed by atoms with Crippen molar-refractivity contribution in [3.8, 4) is 23.3 Å². The molecule has 1 amide bonds. The number of fused-ring (bicyclic) bond motifs is 2. The Morgan fingerprint density at radius 2 is 2.16 bits per heavy atom. The van der Waals surface area contributed by atoms with E-state index in [9.17, 15) is 14.4 Å². The minimum Gasteiger partial charge on any atom is -0.467 e. The summed E-state index contributed by atoms with van der Waals surface area (Å²) >= 11 is 0.922. The van der Waals surface area contributed by atoms with E-state index < -0.39 is 11.6 Å². The Morgan fingerprint density at radius 1 is 1.39 bits per heavy atom. The number of nitrogen functional groups attached to an aromatic ring is 1. The van der Waals surface area contributed by atoms with Crippen LogP contribution in [0.3, 0.4) is 0 Å². The van der Waals surface area contributed by atoms with Crippen LogP contribution in [0.5, 0.6) is 6.01 Å². The van der Waals surface area contributed by atoms with Gasteiger partial charge in [-0.25, -0.2) is 8.78 Å². The number of nitrogens with two attached hydrogens (primary N) is 1. The van der Waals surface area contributed by atoms with Gasteiger partial charge in [0.15, 0.2) is 5.82 Å². The first kappa shape index (κ1) is 25.3. The fourth-order valence-electron chi connectivity index (χ4n) is 5.09. The number of nitrogens with zero attached hydrogens (tertiary/aromatic N) is 6. The number of likely N-dealkylation sites (N-methyl/N-ethyl adjacent to an activating group) is 1. The maximum Gasteiger partial charge on any atom is 0.318 e. The normalized spacial score (nSPS) is 17.1. The summed E-state index contributed by atoms with van der Waals surface area (Å²) in [5.74, 6) is -1.11. The number of amides is 1. The van der Waals surface area contributed by atoms with Crippen LogP contribution in [0.25, 0.3) is 32.2 Å². The molecule has 2 atom stereocenters. The molecule has 1 saturated heterocycles. The number of pyridine rings is 1. The van der Waals surface area contributed by atoms with Crippen LogP contribution in [0.15, 0.2) is 31.0 Å². The van der Waals surface area contributed by atoms with Gasteiger partial charge < -0.3 is 20.3 Å². The number of aromatic nitrogens is 3. The van der Waals surface area contributed by atoms with E-state index in [1.165, 1.54) is 31.5 Å². The summed E-state index contributed by atoms with van der Waals surface area (Å²) in [7, 11) is 3.19. The number of anilines is 2. The average Bonchev–Trinajstić information content (AvgIpc) is 3.47. The Balaban J connectivity index is 1.68. The van der Waals surface area contributed by atoms with Crippen molar-refractivity contribution in [2.45, 2.75) is 25.4 Å². The second-order valence-corrected chi connectivity index (χ2v) is 9.96. The second kappa shape index (κ2) is 9.50. The number of halogens is 2. The molecule has 4 heterocycles. The predicted octanol–water partition coefficient (Wildman–Crippen LogP) is 4.26. The second-order valence-electron chi connectivity index (χ2n) is 8.91. The van der Waals surface area contributed by atoms with Gasteiger partial charge in [-0.1, -0.05) is 6.58 Å². The van der Waals surface area contributed by atoms with Crippen LogP contribution in [0.2, 0.25) is 0 Å². The van der Waals surface area contributed by atoms with E-state index in [1.54, 1.807) is 4.90 Å². The largest absolute Gasteiger partial charge is 0.467 e. The van der Waals surface area contributed by atoms with Crippen LogP contribution < -0.4 is 15.4 Å².